The number of carbonyl (C=O) groups excluding carboxylic acids is 1. The molecule has 0 radical (unpaired) electrons. The van der Waals surface area contributed by atoms with E-state index in [9.17, 15) is 4.79 Å². The van der Waals surface area contributed by atoms with Crippen LogP contribution in [0.5, 0.6) is 0 Å². The molecule has 0 bridgehead atoms. The van der Waals surface area contributed by atoms with Crippen LogP contribution in [0.15, 0.2) is 28.9 Å². The first-order valence-corrected chi connectivity index (χ1v) is 5.66. The van der Waals surface area contributed by atoms with E-state index in [1.165, 1.54) is 0 Å². The molecule has 5 heteroatoms. The van der Waals surface area contributed by atoms with E-state index in [1.807, 2.05) is 20.8 Å². The Bertz CT molecular complexity index is 428. The number of carbonyl (C=O) groups is 1. The highest BCUT2D eigenvalue weighted by atomic mass is 32.1. The fourth-order valence-electron chi connectivity index (χ4n) is 1.67. The van der Waals surface area contributed by atoms with Gasteiger partial charge < -0.3 is 10.5 Å². The van der Waals surface area contributed by atoms with E-state index in [2.05, 4.69) is 22.4 Å². The maximum absolute atomic E-state index is 11.6. The van der Waals surface area contributed by atoms with Crippen molar-refractivity contribution in [2.45, 2.75) is 38.4 Å². The van der Waals surface area contributed by atoms with E-state index in [0.717, 1.165) is 0 Å². The summed E-state index contributed by atoms with van der Waals surface area (Å²) in [5, 5.41) is 2.28. The summed E-state index contributed by atoms with van der Waals surface area (Å²) in [4.78, 5) is 15.5. The first-order valence-electron chi connectivity index (χ1n) is 5.25. The molecule has 1 rings (SSSR count). The van der Waals surface area contributed by atoms with Gasteiger partial charge in [0.25, 0.3) is 5.91 Å². The Morgan fingerprint density at radius 3 is 2.76 bits per heavy atom. The van der Waals surface area contributed by atoms with Crippen molar-refractivity contribution in [1.82, 2.24) is 0 Å². The third kappa shape index (κ3) is 3.60. The summed E-state index contributed by atoms with van der Waals surface area (Å²) >= 11 is 4.54. The second kappa shape index (κ2) is 4.92. The summed E-state index contributed by atoms with van der Waals surface area (Å²) < 4.78 is 5.78. The molecule has 1 unspecified atom stereocenters. The Hall–Kier alpha value is -1.29. The van der Waals surface area contributed by atoms with Crippen molar-refractivity contribution in [2.75, 3.05) is 0 Å². The average molecular weight is 252 g/mol. The minimum Gasteiger partial charge on any atom is -0.367 e. The normalized spacial score (nSPS) is 23.8. The maximum Gasteiger partial charge on any atom is 0.254 e. The molecular weight excluding hydrogens is 236 g/mol. The van der Waals surface area contributed by atoms with Gasteiger partial charge in [-0.1, -0.05) is 6.08 Å². The lowest BCUT2D eigenvalue weighted by atomic mass is 9.91. The number of allylic oxidation sites excluding steroid dienone is 2. The van der Waals surface area contributed by atoms with Crippen molar-refractivity contribution >= 4 is 23.3 Å². The van der Waals surface area contributed by atoms with Gasteiger partial charge in [0.15, 0.2) is 5.60 Å². The molecule has 1 aliphatic carbocycles. The zero-order chi connectivity index (χ0) is 13.1. The predicted molar refractivity (Wildman–Crippen MR) is 69.6 cm³/mol. The van der Waals surface area contributed by atoms with Gasteiger partial charge in [0.05, 0.1) is 16.5 Å². The predicted octanol–water partition coefficient (Wildman–Crippen LogP) is 1.97. The lowest BCUT2D eigenvalue weighted by Crippen LogP contribution is -2.49. The molecule has 0 aromatic heterocycles. The molecule has 92 valence electrons. The van der Waals surface area contributed by atoms with Crippen LogP contribution in [0.3, 0.4) is 0 Å². The van der Waals surface area contributed by atoms with Crippen LogP contribution >= 0.6 is 12.2 Å². The number of hydrogen-bond acceptors (Lipinski definition) is 4. The molecule has 0 spiro atoms. The number of nitrogens with two attached hydrogens (primary N) is 1. The zero-order valence-electron chi connectivity index (χ0n) is 10.2. The highest BCUT2D eigenvalue weighted by molar-refractivity contribution is 7.78. The van der Waals surface area contributed by atoms with Crippen LogP contribution in [-0.2, 0) is 9.53 Å². The molecule has 0 heterocycles. The molecule has 2 N–H and O–H groups in total. The quantitative estimate of drug-likeness (QED) is 0.617. The molecule has 0 aliphatic heterocycles. The molecule has 0 fully saturated rings. The summed E-state index contributed by atoms with van der Waals surface area (Å²) in [5.41, 5.74) is 4.43. The molecule has 1 atom stereocenters. The third-order valence-corrected chi connectivity index (χ3v) is 2.28. The van der Waals surface area contributed by atoms with Gasteiger partial charge in [0.2, 0.25) is 0 Å². The van der Waals surface area contributed by atoms with Crippen LogP contribution < -0.4 is 5.73 Å². The number of aliphatic imine (C=N–C) groups is 1. The van der Waals surface area contributed by atoms with Crippen molar-refractivity contribution in [2.24, 2.45) is 10.7 Å². The minimum absolute atomic E-state index is 0.278. The minimum atomic E-state index is -1.15. The maximum atomic E-state index is 11.6. The summed E-state index contributed by atoms with van der Waals surface area (Å²) in [6.45, 7) is 5.60. The molecule has 4 nitrogen and oxygen atoms in total. The van der Waals surface area contributed by atoms with E-state index >= 15 is 0 Å². The average Bonchev–Trinajstić information content (AvgIpc) is 2.15. The van der Waals surface area contributed by atoms with Gasteiger partial charge >= 0.3 is 0 Å². The lowest BCUT2D eigenvalue weighted by Gasteiger charge is -2.36. The molecule has 0 aromatic carbocycles. The molecule has 1 amide bonds. The Labute approximate surface area is 106 Å². The largest absolute Gasteiger partial charge is 0.367 e. The standard InChI is InChI=1S/C12H16N2O2S/c1-11(2,3)16-12(10(13)15)6-4-5-9(7-12)14-8-17/h4-6H,7H2,1-3H3,(H2,13,15). The van der Waals surface area contributed by atoms with Gasteiger partial charge in [-0.25, -0.2) is 0 Å². The van der Waals surface area contributed by atoms with Crippen LogP contribution in [0.25, 0.3) is 0 Å². The van der Waals surface area contributed by atoms with Crippen LogP contribution in [0.2, 0.25) is 0 Å². The fourth-order valence-corrected chi connectivity index (χ4v) is 1.79. The number of amides is 1. The third-order valence-electron chi connectivity index (χ3n) is 2.19. The van der Waals surface area contributed by atoms with Crippen LogP contribution in [0.1, 0.15) is 27.2 Å². The van der Waals surface area contributed by atoms with E-state index in [4.69, 9.17) is 10.5 Å². The Balaban J connectivity index is 3.05. The van der Waals surface area contributed by atoms with Gasteiger partial charge in [-0.15, -0.1) is 0 Å². The molecule has 1 aliphatic rings. The highest BCUT2D eigenvalue weighted by Crippen LogP contribution is 2.31. The van der Waals surface area contributed by atoms with Gasteiger partial charge in [-0.05, 0) is 45.1 Å². The first-order chi connectivity index (χ1) is 7.79. The molecule has 17 heavy (non-hydrogen) atoms. The second-order valence-electron chi connectivity index (χ2n) is 4.87. The van der Waals surface area contributed by atoms with Crippen LogP contribution in [0, 0.1) is 0 Å². The number of rotatable bonds is 3. The van der Waals surface area contributed by atoms with Gasteiger partial charge in [0.1, 0.15) is 0 Å². The summed E-state index contributed by atoms with van der Waals surface area (Å²) in [6.07, 6.45) is 5.39. The number of nitrogens with zero attached hydrogens (tertiary/aromatic N) is 1. The molecule has 0 saturated heterocycles. The van der Waals surface area contributed by atoms with Crippen molar-refractivity contribution in [3.63, 3.8) is 0 Å². The summed E-state index contributed by atoms with van der Waals surface area (Å²) in [6, 6.07) is 0. The van der Waals surface area contributed by atoms with Crippen LogP contribution in [-0.4, -0.2) is 22.3 Å². The van der Waals surface area contributed by atoms with E-state index in [0.29, 0.717) is 5.70 Å². The van der Waals surface area contributed by atoms with Crippen molar-refractivity contribution in [3.8, 4) is 0 Å². The highest BCUT2D eigenvalue weighted by Gasteiger charge is 2.40. The topological polar surface area (TPSA) is 64.7 Å². The summed E-state index contributed by atoms with van der Waals surface area (Å²) in [7, 11) is 0. The Kier molecular flexibility index (Phi) is 3.98. The monoisotopic (exact) mass is 252 g/mol. The summed E-state index contributed by atoms with van der Waals surface area (Å²) in [5.74, 6) is -0.533. The van der Waals surface area contributed by atoms with Gasteiger partial charge in [0, 0.05) is 6.42 Å². The van der Waals surface area contributed by atoms with E-state index < -0.39 is 17.1 Å². The number of thiocarbonyl (C=S) groups is 1. The van der Waals surface area contributed by atoms with Gasteiger partial charge in [-0.3, -0.25) is 4.79 Å². The van der Waals surface area contributed by atoms with Crippen molar-refractivity contribution < 1.29 is 9.53 Å². The van der Waals surface area contributed by atoms with Crippen molar-refractivity contribution in [1.29, 1.82) is 0 Å². The molecular formula is C12H16N2O2S. The number of primary amides is 1. The van der Waals surface area contributed by atoms with Gasteiger partial charge in [-0.2, -0.15) is 4.99 Å². The van der Waals surface area contributed by atoms with Crippen molar-refractivity contribution in [3.05, 3.63) is 23.9 Å². The zero-order valence-corrected chi connectivity index (χ0v) is 11.0. The lowest BCUT2D eigenvalue weighted by molar-refractivity contribution is -0.153. The van der Waals surface area contributed by atoms with E-state index in [1.54, 1.807) is 18.2 Å². The Morgan fingerprint density at radius 1 is 1.65 bits per heavy atom. The molecule has 0 aromatic rings. The molecule has 0 saturated carbocycles. The van der Waals surface area contributed by atoms with Crippen LogP contribution in [0.4, 0.5) is 0 Å². The second-order valence-corrected chi connectivity index (χ2v) is 5.05. The first kappa shape index (κ1) is 13.8. The number of ether oxygens (including phenoxy) is 1. The fraction of sp³-hybridized carbons (Fsp3) is 0.500. The number of isothiocyanates is 1. The van der Waals surface area contributed by atoms with E-state index in [-0.39, 0.29) is 6.42 Å². The SMILES string of the molecule is CC(C)(C)OC1(C(N)=O)C=CC=C(N=C=S)C1. The Morgan fingerprint density at radius 2 is 2.29 bits per heavy atom. The number of hydrogen-bond donors (Lipinski definition) is 1. The smallest absolute Gasteiger partial charge is 0.254 e.